The molecule has 7 heteroatoms. The summed E-state index contributed by atoms with van der Waals surface area (Å²) in [6, 6.07) is 0. The van der Waals surface area contributed by atoms with Gasteiger partial charge in [0.15, 0.2) is 0 Å². The number of rotatable bonds is 0. The first-order chi connectivity index (χ1) is 2.00. The predicted molar refractivity (Wildman–Crippen MR) is 14.9 cm³/mol. The molecule has 0 aliphatic carbocycles. The molecule has 0 atom stereocenters. The smallest absolute Gasteiger partial charge is 0.822 e. The van der Waals surface area contributed by atoms with Gasteiger partial charge in [-0.2, -0.15) is 7.82 Å². The van der Waals surface area contributed by atoms with Crippen molar-refractivity contribution in [3.8, 4) is 0 Å². The first-order valence-corrected chi connectivity index (χ1v) is 2.19. The van der Waals surface area contributed by atoms with E-state index in [4.69, 9.17) is 19.2 Å². The van der Waals surface area contributed by atoms with Crippen LogP contribution in [0.25, 0.3) is 0 Å². The van der Waals surface area contributed by atoms with Gasteiger partial charge in [-0.25, -0.2) is 0 Å². The van der Waals surface area contributed by atoms with Crippen molar-refractivity contribution < 1.29 is 43.8 Å². The first-order valence-electron chi connectivity index (χ1n) is 0.730. The topological polar surface area (TPSA) is 121 Å². The minimum atomic E-state index is -5.39. The molecular formula is H5NO4PTi+3. The zero-order chi connectivity index (χ0) is 4.50. The van der Waals surface area contributed by atoms with E-state index in [2.05, 4.69) is 0 Å². The molecule has 0 aromatic carbocycles. The molecule has 0 fully saturated rings. The fraction of sp³-hybridized carbons (Fsp3) is 0. The summed E-state index contributed by atoms with van der Waals surface area (Å²) in [5.74, 6) is 0. The average molecular weight is 162 g/mol. The van der Waals surface area contributed by atoms with E-state index in [1.807, 2.05) is 0 Å². The van der Waals surface area contributed by atoms with Gasteiger partial charge < -0.3 is 25.4 Å². The fourth-order valence-corrected chi connectivity index (χ4v) is 0. The van der Waals surface area contributed by atoms with Crippen molar-refractivity contribution in [3.05, 3.63) is 0 Å². The Bertz CT molecular complexity index is 64.7. The summed E-state index contributed by atoms with van der Waals surface area (Å²) in [4.78, 5) is 25.6. The van der Waals surface area contributed by atoms with Crippen LogP contribution in [0, 0.1) is 0 Å². The maximum atomic E-state index is 8.55. The van der Waals surface area contributed by atoms with Crippen LogP contribution in [0.15, 0.2) is 0 Å². The molecule has 0 rings (SSSR count). The Labute approximate surface area is 58.4 Å². The van der Waals surface area contributed by atoms with E-state index in [1.54, 1.807) is 0 Å². The quantitative estimate of drug-likeness (QED) is 0.313. The number of hydrogen-bond acceptors (Lipinski definition) is 5. The summed E-state index contributed by atoms with van der Waals surface area (Å²) in [5.41, 5.74) is 0. The van der Waals surface area contributed by atoms with E-state index < -0.39 is 7.82 Å². The molecule has 0 aliphatic rings. The third-order valence-corrected chi connectivity index (χ3v) is 0. The molecule has 0 aliphatic heterocycles. The van der Waals surface area contributed by atoms with E-state index >= 15 is 0 Å². The molecule has 0 unspecified atom stereocenters. The van der Waals surface area contributed by atoms with E-state index in [0.717, 1.165) is 0 Å². The zero-order valence-corrected chi connectivity index (χ0v) is 5.74. The molecule has 0 saturated heterocycles. The Hall–Kier alpha value is 0.784. The third-order valence-electron chi connectivity index (χ3n) is 0. The summed E-state index contributed by atoms with van der Waals surface area (Å²) in [6.45, 7) is 0. The van der Waals surface area contributed by atoms with E-state index in [1.165, 1.54) is 0 Å². The van der Waals surface area contributed by atoms with Crippen molar-refractivity contribution in [3.63, 3.8) is 0 Å². The Balaban J connectivity index is -0.0000000133. The van der Waals surface area contributed by atoms with Crippen LogP contribution >= 0.6 is 7.82 Å². The van der Waals surface area contributed by atoms with Crippen LogP contribution < -0.4 is 20.8 Å². The molecule has 0 aromatic rings. The van der Waals surface area contributed by atoms with Crippen LogP contribution in [0.1, 0.15) is 2.85 Å². The van der Waals surface area contributed by atoms with Crippen molar-refractivity contribution in [1.29, 1.82) is 0 Å². The van der Waals surface area contributed by atoms with Gasteiger partial charge in [-0.15, -0.1) is 0 Å². The second kappa shape index (κ2) is 4.93. The number of phosphoric acid groups is 1. The van der Waals surface area contributed by atoms with Gasteiger partial charge in [0, 0.05) is 0 Å². The van der Waals surface area contributed by atoms with Gasteiger partial charge in [0.05, 0.1) is 0 Å². The van der Waals surface area contributed by atoms with Crippen molar-refractivity contribution >= 4 is 7.82 Å². The molecule has 0 spiro atoms. The largest absolute Gasteiger partial charge is 4.00 e. The summed E-state index contributed by atoms with van der Waals surface area (Å²) >= 11 is 0. The molecule has 0 aromatic heterocycles. The van der Waals surface area contributed by atoms with Crippen LogP contribution in [0.2, 0.25) is 0 Å². The molecule has 7 heavy (non-hydrogen) atoms. The molecule has 0 bridgehead atoms. The second-order valence-electron chi connectivity index (χ2n) is 0.447. The molecule has 5 nitrogen and oxygen atoms in total. The Morgan fingerprint density at radius 1 is 1.29 bits per heavy atom. The van der Waals surface area contributed by atoms with Crippen LogP contribution in [-0.2, 0) is 26.3 Å². The van der Waals surface area contributed by atoms with Crippen LogP contribution in [0.5, 0.6) is 0 Å². The van der Waals surface area contributed by atoms with Crippen molar-refractivity contribution in [1.82, 2.24) is 6.15 Å². The van der Waals surface area contributed by atoms with Crippen molar-refractivity contribution in [2.75, 3.05) is 0 Å². The van der Waals surface area contributed by atoms with Gasteiger partial charge in [0.1, 0.15) is 0 Å². The molecule has 0 amide bonds. The van der Waals surface area contributed by atoms with E-state index in [9.17, 15) is 0 Å². The summed E-state index contributed by atoms with van der Waals surface area (Å²) < 4.78 is 8.55. The fourth-order valence-electron chi connectivity index (χ4n) is 0. The minimum absolute atomic E-state index is 0. The molecule has 40 valence electrons. The SMILES string of the molecule is N.O=P([O-])([O-])[O-].[H+].[H+].[Ti+4]. The summed E-state index contributed by atoms with van der Waals surface area (Å²) in [7, 11) is -5.39. The molecule has 0 heterocycles. The normalized spacial score (nSPS) is 8.43. The van der Waals surface area contributed by atoms with E-state index in [0.29, 0.717) is 0 Å². The first kappa shape index (κ1) is 15.7. The third kappa shape index (κ3) is 252. The van der Waals surface area contributed by atoms with E-state index in [-0.39, 0.29) is 30.7 Å². The van der Waals surface area contributed by atoms with Crippen LogP contribution in [0.3, 0.4) is 0 Å². The summed E-state index contributed by atoms with van der Waals surface area (Å²) in [5, 5.41) is 0. The summed E-state index contributed by atoms with van der Waals surface area (Å²) in [6.07, 6.45) is 0. The van der Waals surface area contributed by atoms with Crippen LogP contribution in [-0.4, -0.2) is 0 Å². The van der Waals surface area contributed by atoms with Gasteiger partial charge in [0.25, 0.3) is 0 Å². The van der Waals surface area contributed by atoms with Gasteiger partial charge in [-0.1, -0.05) is 0 Å². The van der Waals surface area contributed by atoms with Gasteiger partial charge in [0.2, 0.25) is 0 Å². The Morgan fingerprint density at radius 2 is 1.29 bits per heavy atom. The Kier molecular flexibility index (Phi) is 11.0. The average Bonchev–Trinajstić information content (AvgIpc) is 0.722. The monoisotopic (exact) mass is 162 g/mol. The Morgan fingerprint density at radius 3 is 1.29 bits per heavy atom. The van der Waals surface area contributed by atoms with Gasteiger partial charge >= 0.3 is 24.6 Å². The molecule has 0 saturated carbocycles. The maximum Gasteiger partial charge on any atom is 4.00 e. The van der Waals surface area contributed by atoms with Crippen LogP contribution in [0.4, 0.5) is 0 Å². The minimum Gasteiger partial charge on any atom is -0.822 e. The van der Waals surface area contributed by atoms with Crippen molar-refractivity contribution in [2.45, 2.75) is 0 Å². The zero-order valence-electron chi connectivity index (χ0n) is 5.29. The number of hydrogen-bond donors (Lipinski definition) is 1. The van der Waals surface area contributed by atoms with Gasteiger partial charge in [-0.05, 0) is 0 Å². The second-order valence-corrected chi connectivity index (χ2v) is 1.34. The maximum absolute atomic E-state index is 8.55. The van der Waals surface area contributed by atoms with Gasteiger partial charge in [-0.3, -0.25) is 0 Å². The molecule has 3 N–H and O–H groups in total. The molecular weight excluding hydrogens is 157 g/mol. The molecule has 0 radical (unpaired) electrons. The van der Waals surface area contributed by atoms with Crippen molar-refractivity contribution in [2.24, 2.45) is 0 Å². The standard InChI is InChI=1S/H3N.H3O4P.Ti/c;1-5(2,3)4;/h1H3;(H3,1,2,3,4);/q;;+4/p-1. The predicted octanol–water partition coefficient (Wildman–Crippen LogP) is -2.44.